The second kappa shape index (κ2) is 9.13. The van der Waals surface area contributed by atoms with Crippen LogP contribution in [0.1, 0.15) is 47.8 Å². The topological polar surface area (TPSA) is 88.6 Å². The van der Waals surface area contributed by atoms with Crippen molar-refractivity contribution in [1.82, 2.24) is 9.55 Å². The van der Waals surface area contributed by atoms with E-state index in [1.165, 1.54) is 0 Å². The molecular formula is C23H39F2N3O4Si2. The zero-order chi connectivity index (χ0) is 26.5. The molecule has 0 radical (unpaired) electrons. The Hall–Kier alpha value is -1.59. The van der Waals surface area contributed by atoms with Crippen LogP contribution >= 0.6 is 0 Å². The maximum atomic E-state index is 16.1. The molecular weight excluding hydrogens is 476 g/mol. The number of alkyl halides is 1. The Morgan fingerprint density at radius 2 is 1.74 bits per heavy atom. The fourth-order valence-electron chi connectivity index (χ4n) is 3.04. The molecule has 4 atom stereocenters. The molecule has 0 aromatic carbocycles. The smallest absolute Gasteiger partial charge is 0.351 e. The normalized spacial score (nSPS) is 26.5. The third-order valence-corrected chi connectivity index (χ3v) is 16.4. The van der Waals surface area contributed by atoms with Crippen molar-refractivity contribution >= 4 is 22.5 Å². The van der Waals surface area contributed by atoms with E-state index in [0.29, 0.717) is 0 Å². The van der Waals surface area contributed by atoms with E-state index in [0.717, 1.165) is 10.8 Å². The Balaban J connectivity index is 2.58. The van der Waals surface area contributed by atoms with Gasteiger partial charge in [0.15, 0.2) is 46.3 Å². The molecule has 1 saturated heterocycles. The van der Waals surface area contributed by atoms with Crippen molar-refractivity contribution in [2.45, 2.75) is 102 Å². The molecule has 1 aliphatic rings. The SMILES string of the molecule is C#C[C@]1(CO[Si](C)(C)C(C)(C)C)O[C@@H](n2cc(F)c(N)nc2=O)[C@@H](F)[C@@H]1O[Si](C)(C)C(C)(C)C. The maximum Gasteiger partial charge on any atom is 0.351 e. The Morgan fingerprint density at radius 1 is 1.21 bits per heavy atom. The Kier molecular flexibility index (Phi) is 7.69. The standard InChI is InChI=1S/C23H39F2N3O4Si2/c1-12-23(14-30-33(8,9)21(2,3)4)17(32-34(10,11)22(5,6)7)16(25)19(31-23)28-13-15(24)18(26)27-20(28)29/h1,13,16-17,19H,14H2,2-11H3,(H2,26,27,29)/t16-,17-,19+,23+/m0/s1. The average molecular weight is 516 g/mol. The van der Waals surface area contributed by atoms with Crippen LogP contribution in [0.15, 0.2) is 11.0 Å². The van der Waals surface area contributed by atoms with Crippen LogP contribution in [0.3, 0.4) is 0 Å². The van der Waals surface area contributed by atoms with Gasteiger partial charge in [0.05, 0.1) is 12.8 Å². The maximum absolute atomic E-state index is 16.1. The summed E-state index contributed by atoms with van der Waals surface area (Å²) in [4.78, 5) is 15.9. The molecule has 2 rings (SSSR count). The number of rotatable bonds is 6. The third-order valence-electron chi connectivity index (χ3n) is 7.49. The quantitative estimate of drug-likeness (QED) is 0.439. The van der Waals surface area contributed by atoms with Gasteiger partial charge in [-0.3, -0.25) is 4.57 Å². The molecule has 0 unspecified atom stereocenters. The van der Waals surface area contributed by atoms with E-state index in [2.05, 4.69) is 31.7 Å². The lowest BCUT2D eigenvalue weighted by Crippen LogP contribution is -2.56. The second-order valence-corrected chi connectivity index (χ2v) is 21.6. The number of nitrogen functional groups attached to an aromatic ring is 1. The summed E-state index contributed by atoms with van der Waals surface area (Å²) < 4.78 is 49.9. The largest absolute Gasteiger partial charge is 0.413 e. The molecule has 2 N–H and O–H groups in total. The summed E-state index contributed by atoms with van der Waals surface area (Å²) in [5.41, 5.74) is 2.82. The molecule has 0 bridgehead atoms. The molecule has 34 heavy (non-hydrogen) atoms. The van der Waals surface area contributed by atoms with Crippen LogP contribution in [-0.4, -0.2) is 50.7 Å². The Labute approximate surface area is 203 Å². The van der Waals surface area contributed by atoms with Crippen molar-refractivity contribution in [3.05, 3.63) is 22.5 Å². The van der Waals surface area contributed by atoms with Crippen LogP contribution in [0, 0.1) is 18.2 Å². The number of terminal acetylenes is 1. The number of anilines is 1. The van der Waals surface area contributed by atoms with E-state index in [-0.39, 0.29) is 16.7 Å². The van der Waals surface area contributed by atoms with Gasteiger partial charge < -0.3 is 19.3 Å². The van der Waals surface area contributed by atoms with Gasteiger partial charge in [-0.05, 0) is 36.3 Å². The molecule has 192 valence electrons. The monoisotopic (exact) mass is 515 g/mol. The second-order valence-electron chi connectivity index (χ2n) is 12.0. The van der Waals surface area contributed by atoms with Crippen LogP contribution in [0.5, 0.6) is 0 Å². The summed E-state index contributed by atoms with van der Waals surface area (Å²) in [6, 6.07) is 0. The van der Waals surface area contributed by atoms with Gasteiger partial charge in [0.1, 0.15) is 6.10 Å². The number of hydrogen-bond acceptors (Lipinski definition) is 6. The highest BCUT2D eigenvalue weighted by Crippen LogP contribution is 2.47. The van der Waals surface area contributed by atoms with Crippen molar-refractivity contribution in [1.29, 1.82) is 0 Å². The molecule has 11 heteroatoms. The summed E-state index contributed by atoms with van der Waals surface area (Å²) in [5.74, 6) is 1.04. The molecule has 1 aromatic rings. The number of hydrogen-bond donors (Lipinski definition) is 1. The number of aromatic nitrogens is 2. The predicted molar refractivity (Wildman–Crippen MR) is 135 cm³/mol. The fourth-order valence-corrected chi connectivity index (χ4v) is 5.35. The highest BCUT2D eigenvalue weighted by molar-refractivity contribution is 6.74. The molecule has 0 spiro atoms. The van der Waals surface area contributed by atoms with Gasteiger partial charge in [-0.25, -0.2) is 13.6 Å². The van der Waals surface area contributed by atoms with Crippen LogP contribution in [-0.2, 0) is 13.6 Å². The summed E-state index contributed by atoms with van der Waals surface area (Å²) in [7, 11) is -4.86. The minimum Gasteiger partial charge on any atom is -0.413 e. The molecule has 1 aliphatic heterocycles. The van der Waals surface area contributed by atoms with Crippen LogP contribution < -0.4 is 11.4 Å². The molecule has 0 saturated carbocycles. The van der Waals surface area contributed by atoms with Gasteiger partial charge >= 0.3 is 5.69 Å². The van der Waals surface area contributed by atoms with Crippen molar-refractivity contribution < 1.29 is 22.4 Å². The van der Waals surface area contributed by atoms with Gasteiger partial charge in [-0.2, -0.15) is 4.98 Å². The van der Waals surface area contributed by atoms with Crippen molar-refractivity contribution in [3.8, 4) is 12.3 Å². The summed E-state index contributed by atoms with van der Waals surface area (Å²) in [6.07, 6.45) is 2.07. The van der Waals surface area contributed by atoms with Gasteiger partial charge in [-0.15, -0.1) is 6.42 Å². The average Bonchev–Trinajstić information content (AvgIpc) is 2.94. The zero-order valence-corrected chi connectivity index (χ0v) is 24.0. The van der Waals surface area contributed by atoms with Gasteiger partial charge in [0.2, 0.25) is 0 Å². The van der Waals surface area contributed by atoms with Crippen molar-refractivity contribution in [2.24, 2.45) is 0 Å². The third kappa shape index (κ3) is 5.31. The minimum absolute atomic E-state index is 0.129. The lowest BCUT2D eigenvalue weighted by molar-refractivity contribution is -0.0877. The first-order chi connectivity index (χ1) is 15.2. The van der Waals surface area contributed by atoms with E-state index in [4.69, 9.17) is 25.7 Å². The lowest BCUT2D eigenvalue weighted by atomic mass is 9.98. The molecule has 1 aromatic heterocycles. The van der Waals surface area contributed by atoms with Crippen molar-refractivity contribution in [3.63, 3.8) is 0 Å². The van der Waals surface area contributed by atoms with E-state index in [9.17, 15) is 9.18 Å². The zero-order valence-electron chi connectivity index (χ0n) is 22.0. The highest BCUT2D eigenvalue weighted by atomic mass is 28.4. The Bertz CT molecular complexity index is 1010. The van der Waals surface area contributed by atoms with E-state index in [1.54, 1.807) is 0 Å². The highest BCUT2D eigenvalue weighted by Gasteiger charge is 2.60. The molecule has 7 nitrogen and oxygen atoms in total. The molecule has 1 fully saturated rings. The lowest BCUT2D eigenvalue weighted by Gasteiger charge is -2.43. The first-order valence-corrected chi connectivity index (χ1v) is 17.2. The summed E-state index contributed by atoms with van der Waals surface area (Å²) >= 11 is 0. The number of ether oxygens (including phenoxy) is 1. The van der Waals surface area contributed by atoms with Gasteiger partial charge in [-0.1, -0.05) is 47.5 Å². The predicted octanol–water partition coefficient (Wildman–Crippen LogP) is 4.62. The van der Waals surface area contributed by atoms with Crippen LogP contribution in [0.25, 0.3) is 0 Å². The minimum atomic E-state index is -2.55. The number of nitrogens with zero attached hydrogens (tertiary/aromatic N) is 2. The first kappa shape index (κ1) is 28.6. The van der Waals surface area contributed by atoms with Gasteiger partial charge in [0, 0.05) is 0 Å². The Morgan fingerprint density at radius 3 is 2.21 bits per heavy atom. The van der Waals surface area contributed by atoms with Crippen LogP contribution in [0.4, 0.5) is 14.6 Å². The summed E-state index contributed by atoms with van der Waals surface area (Å²) in [5, 5.41) is -0.385. The van der Waals surface area contributed by atoms with Crippen LogP contribution in [0.2, 0.25) is 36.3 Å². The first-order valence-electron chi connectivity index (χ1n) is 11.3. The van der Waals surface area contributed by atoms with Crippen molar-refractivity contribution in [2.75, 3.05) is 12.3 Å². The van der Waals surface area contributed by atoms with E-state index < -0.39 is 58.1 Å². The fraction of sp³-hybridized carbons (Fsp3) is 0.739. The molecule has 0 amide bonds. The van der Waals surface area contributed by atoms with E-state index in [1.807, 2.05) is 47.0 Å². The molecule has 2 heterocycles. The van der Waals surface area contributed by atoms with Gasteiger partial charge in [0.25, 0.3) is 0 Å². The number of halogens is 2. The summed E-state index contributed by atoms with van der Waals surface area (Å²) in [6.45, 7) is 20.2. The molecule has 0 aliphatic carbocycles. The number of nitrogens with two attached hydrogens (primary N) is 1. The van der Waals surface area contributed by atoms with E-state index >= 15 is 4.39 Å².